The van der Waals surface area contributed by atoms with Gasteiger partial charge in [0.1, 0.15) is 0 Å². The Balaban J connectivity index is 2.41. The maximum atomic E-state index is 5.33. The number of nitrogens with zero attached hydrogens (tertiary/aromatic N) is 3. The van der Waals surface area contributed by atoms with Gasteiger partial charge in [0.2, 0.25) is 10.7 Å². The molecule has 0 bridgehead atoms. The van der Waals surface area contributed by atoms with Gasteiger partial charge in [-0.2, -0.15) is 0 Å². The second kappa shape index (κ2) is 5.17. The monoisotopic (exact) mass is 276 g/mol. The van der Waals surface area contributed by atoms with Crippen molar-refractivity contribution in [2.75, 3.05) is 18.5 Å². The van der Waals surface area contributed by atoms with Gasteiger partial charge in [0.05, 0.1) is 5.69 Å². The van der Waals surface area contributed by atoms with Crippen LogP contribution in [0.5, 0.6) is 0 Å². The standard InChI is InChI=1S/C14H20N4S/c1-14(2,3)10-17(4)12-15-16-13(19)18(12)11-8-6-5-7-9-11/h5-9H,10H2,1-4H3,(H,16,19). The van der Waals surface area contributed by atoms with Crippen LogP contribution in [0.1, 0.15) is 20.8 Å². The number of rotatable bonds is 3. The van der Waals surface area contributed by atoms with E-state index in [9.17, 15) is 0 Å². The number of aromatic amines is 1. The lowest BCUT2D eigenvalue weighted by Crippen LogP contribution is -2.31. The molecule has 0 atom stereocenters. The van der Waals surface area contributed by atoms with E-state index in [2.05, 4.69) is 35.9 Å². The quantitative estimate of drug-likeness (QED) is 0.873. The van der Waals surface area contributed by atoms with Gasteiger partial charge in [-0.3, -0.25) is 4.57 Å². The molecular formula is C14H20N4S. The van der Waals surface area contributed by atoms with Gasteiger partial charge < -0.3 is 4.90 Å². The van der Waals surface area contributed by atoms with Crippen LogP contribution in [0.2, 0.25) is 0 Å². The Morgan fingerprint density at radius 1 is 1.26 bits per heavy atom. The number of hydrogen-bond donors (Lipinski definition) is 1. The van der Waals surface area contributed by atoms with Crippen LogP contribution in [0.25, 0.3) is 5.69 Å². The van der Waals surface area contributed by atoms with Gasteiger partial charge in [-0.15, -0.1) is 5.10 Å². The van der Waals surface area contributed by atoms with Crippen LogP contribution in [-0.2, 0) is 0 Å². The minimum atomic E-state index is 0.198. The fourth-order valence-corrected chi connectivity index (χ4v) is 2.37. The maximum absolute atomic E-state index is 5.33. The number of aromatic nitrogens is 3. The topological polar surface area (TPSA) is 36.9 Å². The summed E-state index contributed by atoms with van der Waals surface area (Å²) in [6.45, 7) is 7.52. The molecule has 0 amide bonds. The molecule has 1 heterocycles. The number of anilines is 1. The molecule has 4 nitrogen and oxygen atoms in total. The maximum Gasteiger partial charge on any atom is 0.230 e. The minimum absolute atomic E-state index is 0.198. The highest BCUT2D eigenvalue weighted by molar-refractivity contribution is 7.71. The summed E-state index contributed by atoms with van der Waals surface area (Å²) in [6.07, 6.45) is 0. The molecule has 1 aromatic heterocycles. The Morgan fingerprint density at radius 2 is 1.89 bits per heavy atom. The summed E-state index contributed by atoms with van der Waals surface area (Å²) in [5.74, 6) is 0.839. The predicted molar refractivity (Wildman–Crippen MR) is 81.5 cm³/mol. The summed E-state index contributed by atoms with van der Waals surface area (Å²) in [7, 11) is 2.04. The highest BCUT2D eigenvalue weighted by atomic mass is 32.1. The molecule has 19 heavy (non-hydrogen) atoms. The smallest absolute Gasteiger partial charge is 0.230 e. The van der Waals surface area contributed by atoms with Crippen LogP contribution in [-0.4, -0.2) is 28.4 Å². The van der Waals surface area contributed by atoms with Crippen LogP contribution in [0, 0.1) is 10.2 Å². The molecule has 5 heteroatoms. The highest BCUT2D eigenvalue weighted by Crippen LogP contribution is 2.21. The van der Waals surface area contributed by atoms with Gasteiger partial charge in [0.15, 0.2) is 0 Å². The Bertz CT molecular complexity index is 592. The predicted octanol–water partition coefficient (Wildman–Crippen LogP) is 3.41. The summed E-state index contributed by atoms with van der Waals surface area (Å²) in [5.41, 5.74) is 1.22. The molecule has 0 aliphatic heterocycles. The minimum Gasteiger partial charge on any atom is -0.343 e. The Labute approximate surface area is 119 Å². The van der Waals surface area contributed by atoms with Crippen molar-refractivity contribution >= 4 is 18.2 Å². The molecule has 0 saturated carbocycles. The van der Waals surface area contributed by atoms with E-state index in [-0.39, 0.29) is 5.41 Å². The SMILES string of the molecule is CN(CC(C)(C)C)c1n[nH]c(=S)n1-c1ccccc1. The molecule has 0 aliphatic rings. The van der Waals surface area contributed by atoms with Crippen LogP contribution < -0.4 is 4.90 Å². The third-order valence-electron chi connectivity index (χ3n) is 2.72. The summed E-state index contributed by atoms with van der Waals surface area (Å²) in [6, 6.07) is 10.0. The molecule has 0 spiro atoms. The average molecular weight is 276 g/mol. The molecule has 0 fully saturated rings. The zero-order valence-electron chi connectivity index (χ0n) is 11.8. The van der Waals surface area contributed by atoms with Crippen LogP contribution in [0.4, 0.5) is 5.95 Å². The average Bonchev–Trinajstić information content (AvgIpc) is 2.70. The van der Waals surface area contributed by atoms with Crippen molar-refractivity contribution in [3.05, 3.63) is 35.1 Å². The summed E-state index contributed by atoms with van der Waals surface area (Å²) in [5, 5.41) is 7.22. The lowest BCUT2D eigenvalue weighted by Gasteiger charge is -2.27. The summed E-state index contributed by atoms with van der Waals surface area (Å²) >= 11 is 5.33. The van der Waals surface area contributed by atoms with Gasteiger partial charge >= 0.3 is 0 Å². The molecule has 1 aromatic carbocycles. The zero-order valence-corrected chi connectivity index (χ0v) is 12.7. The summed E-state index contributed by atoms with van der Waals surface area (Å²) in [4.78, 5) is 2.12. The number of hydrogen-bond acceptors (Lipinski definition) is 3. The van der Waals surface area contributed by atoms with E-state index in [1.807, 2.05) is 41.9 Å². The molecule has 102 valence electrons. The number of benzene rings is 1. The normalized spacial score (nSPS) is 11.6. The molecule has 0 unspecified atom stereocenters. The third kappa shape index (κ3) is 3.23. The second-order valence-corrected chi connectivity index (χ2v) is 6.30. The van der Waals surface area contributed by atoms with Crippen molar-refractivity contribution in [3.8, 4) is 5.69 Å². The fraction of sp³-hybridized carbons (Fsp3) is 0.429. The van der Waals surface area contributed by atoms with Crippen molar-refractivity contribution in [2.45, 2.75) is 20.8 Å². The number of nitrogens with one attached hydrogen (secondary N) is 1. The molecule has 1 N–H and O–H groups in total. The van der Waals surface area contributed by atoms with E-state index >= 15 is 0 Å². The van der Waals surface area contributed by atoms with Crippen molar-refractivity contribution in [1.29, 1.82) is 0 Å². The lowest BCUT2D eigenvalue weighted by atomic mass is 9.96. The Kier molecular flexibility index (Phi) is 3.75. The summed E-state index contributed by atoms with van der Waals surface area (Å²) < 4.78 is 2.57. The van der Waals surface area contributed by atoms with E-state index < -0.39 is 0 Å². The third-order valence-corrected chi connectivity index (χ3v) is 3.00. The first-order valence-corrected chi connectivity index (χ1v) is 6.73. The first kappa shape index (κ1) is 13.8. The first-order chi connectivity index (χ1) is 8.88. The number of H-pyrrole nitrogens is 1. The van der Waals surface area contributed by atoms with Crippen molar-refractivity contribution in [1.82, 2.24) is 14.8 Å². The Hall–Kier alpha value is -1.62. The van der Waals surface area contributed by atoms with Crippen LogP contribution in [0.3, 0.4) is 0 Å². The second-order valence-electron chi connectivity index (χ2n) is 5.92. The zero-order chi connectivity index (χ0) is 14.0. The van der Waals surface area contributed by atoms with E-state index in [0.29, 0.717) is 4.77 Å². The van der Waals surface area contributed by atoms with Crippen LogP contribution in [0.15, 0.2) is 30.3 Å². The highest BCUT2D eigenvalue weighted by Gasteiger charge is 2.18. The lowest BCUT2D eigenvalue weighted by molar-refractivity contribution is 0.416. The van der Waals surface area contributed by atoms with E-state index in [1.54, 1.807) is 0 Å². The molecule has 2 rings (SSSR count). The largest absolute Gasteiger partial charge is 0.343 e. The first-order valence-electron chi connectivity index (χ1n) is 6.32. The molecule has 0 saturated heterocycles. The van der Waals surface area contributed by atoms with Crippen molar-refractivity contribution < 1.29 is 0 Å². The molecule has 2 aromatic rings. The number of para-hydroxylation sites is 1. The van der Waals surface area contributed by atoms with Gasteiger partial charge in [0, 0.05) is 13.6 Å². The van der Waals surface area contributed by atoms with Crippen LogP contribution >= 0.6 is 12.2 Å². The van der Waals surface area contributed by atoms with Crippen molar-refractivity contribution in [2.24, 2.45) is 5.41 Å². The van der Waals surface area contributed by atoms with Crippen molar-refractivity contribution in [3.63, 3.8) is 0 Å². The molecule has 0 radical (unpaired) electrons. The molecular weight excluding hydrogens is 256 g/mol. The van der Waals surface area contributed by atoms with Gasteiger partial charge in [-0.25, -0.2) is 5.10 Å². The van der Waals surface area contributed by atoms with E-state index in [4.69, 9.17) is 12.2 Å². The fourth-order valence-electron chi connectivity index (χ4n) is 2.14. The van der Waals surface area contributed by atoms with Gasteiger partial charge in [0.25, 0.3) is 0 Å². The Morgan fingerprint density at radius 3 is 2.47 bits per heavy atom. The van der Waals surface area contributed by atoms with E-state index in [0.717, 1.165) is 18.2 Å². The van der Waals surface area contributed by atoms with Gasteiger partial charge in [-0.05, 0) is 29.8 Å². The van der Waals surface area contributed by atoms with E-state index in [1.165, 1.54) is 0 Å². The van der Waals surface area contributed by atoms with Gasteiger partial charge in [-0.1, -0.05) is 39.0 Å². The molecule has 0 aliphatic carbocycles.